The SMILES string of the molecule is Cc1cccc(Nc2ccccc2C(=O)N2CCC(C(=O)Nc3ccc4c(c3)OCO4)CC2)c1C. The van der Waals surface area contributed by atoms with Crippen LogP contribution in [0.15, 0.2) is 60.7 Å². The van der Waals surface area contributed by atoms with Gasteiger partial charge in [-0.3, -0.25) is 9.59 Å². The number of anilines is 3. The van der Waals surface area contributed by atoms with E-state index in [0.29, 0.717) is 48.7 Å². The summed E-state index contributed by atoms with van der Waals surface area (Å²) in [7, 11) is 0. The fraction of sp³-hybridized carbons (Fsp3) is 0.286. The van der Waals surface area contributed by atoms with Crippen molar-refractivity contribution in [2.45, 2.75) is 26.7 Å². The van der Waals surface area contributed by atoms with Crippen LogP contribution in [0.2, 0.25) is 0 Å². The molecule has 0 unspecified atom stereocenters. The number of para-hydroxylation sites is 1. The van der Waals surface area contributed by atoms with Gasteiger partial charge in [0.2, 0.25) is 12.7 Å². The molecule has 0 atom stereocenters. The van der Waals surface area contributed by atoms with Gasteiger partial charge in [0.15, 0.2) is 11.5 Å². The van der Waals surface area contributed by atoms with Crippen LogP contribution in [-0.2, 0) is 4.79 Å². The second-order valence-corrected chi connectivity index (χ2v) is 9.04. The predicted molar refractivity (Wildman–Crippen MR) is 135 cm³/mol. The molecule has 0 aromatic heterocycles. The number of hydrogen-bond donors (Lipinski definition) is 2. The van der Waals surface area contributed by atoms with Crippen molar-refractivity contribution in [1.29, 1.82) is 0 Å². The molecule has 0 spiro atoms. The second kappa shape index (κ2) is 9.70. The number of rotatable bonds is 5. The molecule has 180 valence electrons. The second-order valence-electron chi connectivity index (χ2n) is 9.04. The van der Waals surface area contributed by atoms with E-state index < -0.39 is 0 Å². The molecule has 3 aromatic carbocycles. The molecule has 35 heavy (non-hydrogen) atoms. The molecule has 7 nitrogen and oxygen atoms in total. The molecule has 2 heterocycles. The van der Waals surface area contributed by atoms with Gasteiger partial charge in [-0.25, -0.2) is 0 Å². The summed E-state index contributed by atoms with van der Waals surface area (Å²) in [6.45, 7) is 5.42. The Kier molecular flexibility index (Phi) is 6.31. The quantitative estimate of drug-likeness (QED) is 0.530. The third-order valence-corrected chi connectivity index (χ3v) is 6.82. The Balaban J connectivity index is 1.22. The summed E-state index contributed by atoms with van der Waals surface area (Å²) in [6.07, 6.45) is 1.24. The molecule has 0 saturated carbocycles. The molecule has 5 rings (SSSR count). The lowest BCUT2D eigenvalue weighted by Crippen LogP contribution is -2.41. The van der Waals surface area contributed by atoms with Crippen molar-refractivity contribution in [3.8, 4) is 11.5 Å². The summed E-state index contributed by atoms with van der Waals surface area (Å²) in [6, 6.07) is 19.1. The molecule has 1 saturated heterocycles. The molecule has 3 aromatic rings. The van der Waals surface area contributed by atoms with Gasteiger partial charge in [0.1, 0.15) is 0 Å². The minimum atomic E-state index is -0.146. The molecule has 0 radical (unpaired) electrons. The molecule has 1 fully saturated rings. The van der Waals surface area contributed by atoms with Crippen LogP contribution >= 0.6 is 0 Å². The van der Waals surface area contributed by atoms with Gasteiger partial charge in [-0.1, -0.05) is 24.3 Å². The smallest absolute Gasteiger partial charge is 0.255 e. The third-order valence-electron chi connectivity index (χ3n) is 6.82. The lowest BCUT2D eigenvalue weighted by Gasteiger charge is -2.32. The van der Waals surface area contributed by atoms with Gasteiger partial charge in [-0.05, 0) is 68.1 Å². The Morgan fingerprint density at radius 2 is 1.63 bits per heavy atom. The van der Waals surface area contributed by atoms with Gasteiger partial charge in [-0.2, -0.15) is 0 Å². The standard InChI is InChI=1S/C28H29N3O4/c1-18-6-5-9-23(19(18)2)30-24-8-4-3-7-22(24)28(33)31-14-12-20(13-15-31)27(32)29-21-10-11-25-26(16-21)35-17-34-25/h3-11,16,20,30H,12-15,17H2,1-2H3,(H,29,32). The summed E-state index contributed by atoms with van der Waals surface area (Å²) in [4.78, 5) is 28.1. The van der Waals surface area contributed by atoms with E-state index >= 15 is 0 Å². The van der Waals surface area contributed by atoms with Crippen molar-refractivity contribution >= 4 is 28.9 Å². The number of nitrogens with one attached hydrogen (secondary N) is 2. The van der Waals surface area contributed by atoms with Crippen LogP contribution in [-0.4, -0.2) is 36.6 Å². The molecular weight excluding hydrogens is 442 g/mol. The highest BCUT2D eigenvalue weighted by Gasteiger charge is 2.29. The number of nitrogens with zero attached hydrogens (tertiary/aromatic N) is 1. The highest BCUT2D eigenvalue weighted by Crippen LogP contribution is 2.34. The van der Waals surface area contributed by atoms with Crippen molar-refractivity contribution in [2.24, 2.45) is 5.92 Å². The minimum absolute atomic E-state index is 0.0203. The maximum absolute atomic E-state index is 13.4. The number of aryl methyl sites for hydroxylation is 1. The molecular formula is C28H29N3O4. The van der Waals surface area contributed by atoms with Crippen molar-refractivity contribution in [3.05, 3.63) is 77.4 Å². The van der Waals surface area contributed by atoms with Crippen molar-refractivity contribution in [1.82, 2.24) is 4.90 Å². The number of amides is 2. The molecule has 2 aliphatic heterocycles. The number of ether oxygens (including phenoxy) is 2. The highest BCUT2D eigenvalue weighted by atomic mass is 16.7. The summed E-state index contributed by atoms with van der Waals surface area (Å²) in [5.74, 6) is 1.12. The first kappa shape index (κ1) is 22.8. The first-order valence-electron chi connectivity index (χ1n) is 11.9. The van der Waals surface area contributed by atoms with Crippen LogP contribution in [0.5, 0.6) is 11.5 Å². The Morgan fingerprint density at radius 3 is 2.46 bits per heavy atom. The van der Waals surface area contributed by atoms with E-state index in [1.165, 1.54) is 5.56 Å². The van der Waals surface area contributed by atoms with Gasteiger partial charge in [0, 0.05) is 36.4 Å². The van der Waals surface area contributed by atoms with Crippen LogP contribution in [0, 0.1) is 19.8 Å². The fourth-order valence-electron chi connectivity index (χ4n) is 4.54. The molecule has 0 bridgehead atoms. The average Bonchev–Trinajstić information content (AvgIpc) is 3.35. The van der Waals surface area contributed by atoms with Gasteiger partial charge >= 0.3 is 0 Å². The summed E-state index contributed by atoms with van der Waals surface area (Å²) in [5, 5.41) is 6.42. The summed E-state index contributed by atoms with van der Waals surface area (Å²) in [5.41, 5.74) is 5.45. The van der Waals surface area contributed by atoms with Crippen molar-refractivity contribution in [2.75, 3.05) is 30.5 Å². The van der Waals surface area contributed by atoms with Crippen molar-refractivity contribution < 1.29 is 19.1 Å². The zero-order valence-electron chi connectivity index (χ0n) is 20.0. The van der Waals surface area contributed by atoms with Crippen LogP contribution in [0.4, 0.5) is 17.1 Å². The van der Waals surface area contributed by atoms with Crippen LogP contribution in [0.25, 0.3) is 0 Å². The minimum Gasteiger partial charge on any atom is -0.454 e. The first-order valence-corrected chi connectivity index (χ1v) is 11.9. The lowest BCUT2D eigenvalue weighted by atomic mass is 9.95. The van der Waals surface area contributed by atoms with Gasteiger partial charge < -0.3 is 25.0 Å². The van der Waals surface area contributed by atoms with E-state index in [4.69, 9.17) is 9.47 Å². The number of hydrogen-bond acceptors (Lipinski definition) is 5. The topological polar surface area (TPSA) is 79.9 Å². The Labute approximate surface area is 205 Å². The van der Waals surface area contributed by atoms with E-state index in [1.807, 2.05) is 47.4 Å². The number of piperidine rings is 1. The largest absolute Gasteiger partial charge is 0.454 e. The number of fused-ring (bicyclic) bond motifs is 1. The van der Waals surface area contributed by atoms with E-state index in [0.717, 1.165) is 16.9 Å². The van der Waals surface area contributed by atoms with Gasteiger partial charge in [0.05, 0.1) is 11.3 Å². The highest BCUT2D eigenvalue weighted by molar-refractivity contribution is 6.00. The van der Waals surface area contributed by atoms with Gasteiger partial charge in [-0.15, -0.1) is 0 Å². The molecule has 2 N–H and O–H groups in total. The normalized spacial score (nSPS) is 15.1. The molecule has 7 heteroatoms. The average molecular weight is 472 g/mol. The number of carbonyl (C=O) groups excluding carboxylic acids is 2. The molecule has 2 aliphatic rings. The van der Waals surface area contributed by atoms with Crippen molar-refractivity contribution in [3.63, 3.8) is 0 Å². The van der Waals surface area contributed by atoms with E-state index in [9.17, 15) is 9.59 Å². The van der Waals surface area contributed by atoms with E-state index in [1.54, 1.807) is 12.1 Å². The maximum Gasteiger partial charge on any atom is 0.255 e. The Morgan fingerprint density at radius 1 is 0.886 bits per heavy atom. The van der Waals surface area contributed by atoms with Crippen LogP contribution in [0.1, 0.15) is 34.3 Å². The number of benzene rings is 3. The number of likely N-dealkylation sites (tertiary alicyclic amines) is 1. The predicted octanol–water partition coefficient (Wildman–Crippen LogP) is 5.27. The summed E-state index contributed by atoms with van der Waals surface area (Å²) < 4.78 is 10.7. The van der Waals surface area contributed by atoms with E-state index in [-0.39, 0.29) is 24.5 Å². The third kappa shape index (κ3) is 4.80. The van der Waals surface area contributed by atoms with E-state index in [2.05, 4.69) is 30.5 Å². The maximum atomic E-state index is 13.4. The fourth-order valence-corrected chi connectivity index (χ4v) is 4.54. The zero-order valence-corrected chi connectivity index (χ0v) is 20.0. The molecule has 2 amide bonds. The zero-order chi connectivity index (χ0) is 24.4. The number of carbonyl (C=O) groups is 2. The summed E-state index contributed by atoms with van der Waals surface area (Å²) >= 11 is 0. The lowest BCUT2D eigenvalue weighted by molar-refractivity contribution is -0.121. The van der Waals surface area contributed by atoms with Crippen LogP contribution < -0.4 is 20.1 Å². The monoisotopic (exact) mass is 471 g/mol. The van der Waals surface area contributed by atoms with Crippen LogP contribution in [0.3, 0.4) is 0 Å². The Bertz CT molecular complexity index is 1260. The Hall–Kier alpha value is -4.00. The molecule has 0 aliphatic carbocycles. The van der Waals surface area contributed by atoms with Gasteiger partial charge in [0.25, 0.3) is 5.91 Å². The first-order chi connectivity index (χ1) is 17.0.